The maximum absolute atomic E-state index is 12.7. The van der Waals surface area contributed by atoms with Gasteiger partial charge in [0.25, 0.3) is 10.0 Å². The molecule has 0 unspecified atom stereocenters. The van der Waals surface area contributed by atoms with E-state index in [1.807, 2.05) is 31.2 Å². The molecule has 9 nitrogen and oxygen atoms in total. The van der Waals surface area contributed by atoms with Crippen LogP contribution in [-0.4, -0.2) is 34.4 Å². The topological polar surface area (TPSA) is 134 Å². The highest BCUT2D eigenvalue weighted by Gasteiger charge is 2.17. The summed E-state index contributed by atoms with van der Waals surface area (Å²) in [7, 11) is -3.99. The van der Waals surface area contributed by atoms with E-state index in [1.54, 1.807) is 18.5 Å². The Bertz CT molecular complexity index is 1390. The Kier molecular flexibility index (Phi) is 5.32. The lowest BCUT2D eigenvalue weighted by atomic mass is 10.1. The number of benzene rings is 1. The Morgan fingerprint density at radius 3 is 2.42 bits per heavy atom. The summed E-state index contributed by atoms with van der Waals surface area (Å²) < 4.78 is 25.3. The second kappa shape index (κ2) is 8.09. The summed E-state index contributed by atoms with van der Waals surface area (Å²) in [5.74, 6) is -0.928. The van der Waals surface area contributed by atoms with Crippen LogP contribution < -0.4 is 10.3 Å². The number of nitrogens with zero attached hydrogens (tertiary/aromatic N) is 3. The molecular formula is C21H17N5O4S. The standard InChI is InChI=1S/C21H17N5O4S/c1-13-4-2-10-22-18(13)17-12-15-5-3-11-23-19(15)20(24-17)25-26-31(29,30)16-8-6-14(7-9-16)21(27)28/h2-12,26H,1H3,(H,24,25)(H,27,28). The number of fused-ring (bicyclic) bond motifs is 1. The van der Waals surface area contributed by atoms with Crippen molar-refractivity contribution in [2.24, 2.45) is 0 Å². The molecule has 0 radical (unpaired) electrons. The Labute approximate surface area is 177 Å². The fraction of sp³-hybridized carbons (Fsp3) is 0.0476. The van der Waals surface area contributed by atoms with Crippen LogP contribution in [0, 0.1) is 6.92 Å². The average molecular weight is 435 g/mol. The number of hydrogen-bond donors (Lipinski definition) is 3. The van der Waals surface area contributed by atoms with Gasteiger partial charge in [-0.2, -0.15) is 0 Å². The summed E-state index contributed by atoms with van der Waals surface area (Å²) in [5.41, 5.74) is 5.25. The third-order valence-electron chi connectivity index (χ3n) is 4.56. The second-order valence-electron chi connectivity index (χ2n) is 6.66. The molecule has 0 fully saturated rings. The summed E-state index contributed by atoms with van der Waals surface area (Å²) in [4.78, 5) is 26.4. The predicted molar refractivity (Wildman–Crippen MR) is 115 cm³/mol. The largest absolute Gasteiger partial charge is 0.478 e. The molecule has 4 aromatic rings. The summed E-state index contributed by atoms with van der Waals surface area (Å²) in [6.07, 6.45) is 3.24. The van der Waals surface area contributed by atoms with Crippen molar-refractivity contribution < 1.29 is 18.3 Å². The number of hydrogen-bond acceptors (Lipinski definition) is 7. The smallest absolute Gasteiger partial charge is 0.335 e. The van der Waals surface area contributed by atoms with Gasteiger partial charge in [0.2, 0.25) is 0 Å². The number of rotatable bonds is 6. The molecule has 3 heterocycles. The summed E-state index contributed by atoms with van der Waals surface area (Å²) >= 11 is 0. The molecule has 0 aliphatic rings. The summed E-state index contributed by atoms with van der Waals surface area (Å²) in [6, 6.07) is 14.1. The third kappa shape index (κ3) is 4.20. The van der Waals surface area contributed by atoms with Gasteiger partial charge in [-0.15, -0.1) is 4.83 Å². The lowest BCUT2D eigenvalue weighted by Gasteiger charge is -2.13. The van der Waals surface area contributed by atoms with Crippen molar-refractivity contribution >= 4 is 32.7 Å². The number of carbonyl (C=O) groups is 1. The van der Waals surface area contributed by atoms with Crippen LogP contribution in [0.15, 0.2) is 71.9 Å². The van der Waals surface area contributed by atoms with Crippen LogP contribution in [0.3, 0.4) is 0 Å². The zero-order valence-electron chi connectivity index (χ0n) is 16.3. The van der Waals surface area contributed by atoms with E-state index in [9.17, 15) is 13.2 Å². The minimum Gasteiger partial charge on any atom is -0.478 e. The third-order valence-corrected chi connectivity index (χ3v) is 5.82. The number of pyridine rings is 3. The van der Waals surface area contributed by atoms with E-state index in [0.29, 0.717) is 16.9 Å². The van der Waals surface area contributed by atoms with Crippen LogP contribution >= 0.6 is 0 Å². The second-order valence-corrected chi connectivity index (χ2v) is 8.34. The van der Waals surface area contributed by atoms with Gasteiger partial charge in [-0.1, -0.05) is 12.1 Å². The van der Waals surface area contributed by atoms with Crippen LogP contribution in [0.25, 0.3) is 22.3 Å². The van der Waals surface area contributed by atoms with Gasteiger partial charge in [-0.05, 0) is 55.0 Å². The number of aromatic nitrogens is 3. The Hall–Kier alpha value is -3.89. The fourth-order valence-corrected chi connectivity index (χ4v) is 3.84. The van der Waals surface area contributed by atoms with E-state index in [0.717, 1.165) is 10.9 Å². The van der Waals surface area contributed by atoms with Crippen molar-refractivity contribution in [1.82, 2.24) is 19.8 Å². The molecule has 0 spiro atoms. The number of hydrazine groups is 1. The number of anilines is 1. The minimum atomic E-state index is -3.99. The highest BCUT2D eigenvalue weighted by atomic mass is 32.2. The highest BCUT2D eigenvalue weighted by molar-refractivity contribution is 7.89. The first-order chi connectivity index (χ1) is 14.8. The van der Waals surface area contributed by atoms with E-state index in [-0.39, 0.29) is 16.3 Å². The van der Waals surface area contributed by atoms with Gasteiger partial charge in [0.15, 0.2) is 5.82 Å². The van der Waals surface area contributed by atoms with Crippen molar-refractivity contribution in [1.29, 1.82) is 0 Å². The van der Waals surface area contributed by atoms with Crippen LogP contribution in [0.2, 0.25) is 0 Å². The average Bonchev–Trinajstić information content (AvgIpc) is 2.77. The van der Waals surface area contributed by atoms with Crippen molar-refractivity contribution in [3.63, 3.8) is 0 Å². The molecule has 0 amide bonds. The highest BCUT2D eigenvalue weighted by Crippen LogP contribution is 2.27. The Morgan fingerprint density at radius 1 is 1.00 bits per heavy atom. The number of carboxylic acid groups (broad SMARTS) is 1. The lowest BCUT2D eigenvalue weighted by Crippen LogP contribution is -2.30. The first kappa shape index (κ1) is 20.4. The van der Waals surface area contributed by atoms with E-state index in [4.69, 9.17) is 5.11 Å². The lowest BCUT2D eigenvalue weighted by molar-refractivity contribution is 0.0696. The fourth-order valence-electron chi connectivity index (χ4n) is 3.00. The van der Waals surface area contributed by atoms with Gasteiger partial charge in [0.05, 0.1) is 21.8 Å². The van der Waals surface area contributed by atoms with Gasteiger partial charge in [-0.3, -0.25) is 15.4 Å². The Balaban J connectivity index is 1.69. The first-order valence-corrected chi connectivity index (χ1v) is 10.6. The van der Waals surface area contributed by atoms with Gasteiger partial charge in [0, 0.05) is 17.8 Å². The monoisotopic (exact) mass is 435 g/mol. The van der Waals surface area contributed by atoms with Crippen LogP contribution in [0.1, 0.15) is 15.9 Å². The van der Waals surface area contributed by atoms with Gasteiger partial charge < -0.3 is 5.11 Å². The van der Waals surface area contributed by atoms with E-state index < -0.39 is 16.0 Å². The summed E-state index contributed by atoms with van der Waals surface area (Å²) in [6.45, 7) is 1.91. The number of aryl methyl sites for hydroxylation is 1. The van der Waals surface area contributed by atoms with Crippen molar-refractivity contribution in [3.05, 3.63) is 78.1 Å². The van der Waals surface area contributed by atoms with Gasteiger partial charge >= 0.3 is 5.97 Å². The zero-order chi connectivity index (χ0) is 22.0. The maximum Gasteiger partial charge on any atom is 0.335 e. The number of carboxylic acids is 1. The molecule has 4 rings (SSSR count). The molecule has 0 saturated carbocycles. The van der Waals surface area contributed by atoms with Crippen molar-refractivity contribution in [2.45, 2.75) is 11.8 Å². The SMILES string of the molecule is Cc1cccnc1-c1cc2cccnc2c(NNS(=O)(=O)c2ccc(C(=O)O)cc2)n1. The normalized spacial score (nSPS) is 11.4. The predicted octanol–water partition coefficient (Wildman–Crippen LogP) is 3.00. The number of sulfonamides is 1. The quantitative estimate of drug-likeness (QED) is 0.394. The maximum atomic E-state index is 12.7. The molecule has 1 aromatic carbocycles. The van der Waals surface area contributed by atoms with Crippen LogP contribution in [0.4, 0.5) is 5.82 Å². The van der Waals surface area contributed by atoms with Crippen molar-refractivity contribution in [3.8, 4) is 11.4 Å². The molecule has 31 heavy (non-hydrogen) atoms. The molecule has 0 bridgehead atoms. The van der Waals surface area contributed by atoms with E-state index in [1.165, 1.54) is 24.3 Å². The van der Waals surface area contributed by atoms with E-state index >= 15 is 0 Å². The minimum absolute atomic E-state index is 0.0119. The van der Waals surface area contributed by atoms with Crippen LogP contribution in [-0.2, 0) is 10.0 Å². The zero-order valence-corrected chi connectivity index (χ0v) is 17.1. The summed E-state index contributed by atoms with van der Waals surface area (Å²) in [5, 5.41) is 9.73. The molecular weight excluding hydrogens is 418 g/mol. The van der Waals surface area contributed by atoms with Gasteiger partial charge in [0.1, 0.15) is 5.52 Å². The molecule has 3 N–H and O–H groups in total. The molecule has 156 valence electrons. The molecule has 10 heteroatoms. The van der Waals surface area contributed by atoms with Crippen LogP contribution in [0.5, 0.6) is 0 Å². The molecule has 0 atom stereocenters. The molecule has 0 saturated heterocycles. The first-order valence-electron chi connectivity index (χ1n) is 9.14. The molecule has 0 aliphatic heterocycles. The number of nitrogens with one attached hydrogen (secondary N) is 2. The van der Waals surface area contributed by atoms with Gasteiger partial charge in [-0.25, -0.2) is 18.2 Å². The number of aromatic carboxylic acids is 1. The Morgan fingerprint density at radius 2 is 1.71 bits per heavy atom. The van der Waals surface area contributed by atoms with E-state index in [2.05, 4.69) is 25.2 Å². The molecule has 0 aliphatic carbocycles. The van der Waals surface area contributed by atoms with Crippen molar-refractivity contribution in [2.75, 3.05) is 5.43 Å². The molecule has 3 aromatic heterocycles.